The maximum atomic E-state index is 12.2. The van der Waals surface area contributed by atoms with Crippen LogP contribution >= 0.6 is 11.8 Å². The smallest absolute Gasteiger partial charge is 0.242 e. The Hall–Kier alpha value is -1.01. The summed E-state index contributed by atoms with van der Waals surface area (Å²) < 4.78 is 1.71. The van der Waals surface area contributed by atoms with Gasteiger partial charge in [0, 0.05) is 24.8 Å². The number of aryl methyl sites for hydroxylation is 1. The average Bonchev–Trinajstić information content (AvgIpc) is 2.78. The van der Waals surface area contributed by atoms with Gasteiger partial charge in [-0.05, 0) is 31.4 Å². The number of thioether (sulfide) groups is 1. The molecule has 0 aromatic carbocycles. The fraction of sp³-hybridized carbons (Fsp3) is 0.667. The normalized spacial score (nSPS) is 18.6. The minimum absolute atomic E-state index is 0.0439. The predicted molar refractivity (Wildman–Crippen MR) is 73.5 cm³/mol. The molecule has 1 unspecified atom stereocenters. The first-order chi connectivity index (χ1) is 8.70. The maximum Gasteiger partial charge on any atom is 0.242 e. The lowest BCUT2D eigenvalue weighted by molar-refractivity contribution is -0.123. The molecule has 1 amide bonds. The van der Waals surface area contributed by atoms with Gasteiger partial charge in [-0.3, -0.25) is 9.48 Å². The molecule has 18 heavy (non-hydrogen) atoms. The van der Waals surface area contributed by atoms with E-state index >= 15 is 0 Å². The third-order valence-electron chi connectivity index (χ3n) is 3.18. The molecule has 1 atom stereocenters. The van der Waals surface area contributed by atoms with Crippen LogP contribution in [0.2, 0.25) is 0 Å². The molecule has 1 aliphatic rings. The van der Waals surface area contributed by atoms with Crippen LogP contribution in [-0.4, -0.2) is 40.3 Å². The second kappa shape index (κ2) is 6.24. The van der Waals surface area contributed by atoms with Gasteiger partial charge in [0.2, 0.25) is 5.91 Å². The van der Waals surface area contributed by atoms with Gasteiger partial charge in [0.1, 0.15) is 6.04 Å². The van der Waals surface area contributed by atoms with Crippen molar-refractivity contribution in [1.29, 1.82) is 0 Å². The molecule has 1 saturated heterocycles. The third kappa shape index (κ3) is 3.26. The second-order valence-corrected chi connectivity index (χ2v) is 5.79. The monoisotopic (exact) mass is 268 g/mol. The number of hydrogen-bond acceptors (Lipinski definition) is 4. The number of nitrogens with zero attached hydrogens (tertiary/aromatic N) is 2. The number of hydrogen-bond donors (Lipinski definition) is 2. The van der Waals surface area contributed by atoms with Gasteiger partial charge in [-0.15, -0.1) is 0 Å². The number of amides is 1. The molecule has 100 valence electrons. The number of carbonyl (C=O) groups excluding carboxylic acids is 1. The Labute approximate surface area is 112 Å². The molecule has 6 heteroatoms. The quantitative estimate of drug-likeness (QED) is 0.843. The first-order valence-electron chi connectivity index (χ1n) is 6.24. The van der Waals surface area contributed by atoms with Gasteiger partial charge in [0.25, 0.3) is 0 Å². The van der Waals surface area contributed by atoms with Gasteiger partial charge in [-0.1, -0.05) is 0 Å². The first kappa shape index (κ1) is 13.4. The zero-order chi connectivity index (χ0) is 13.0. The summed E-state index contributed by atoms with van der Waals surface area (Å²) >= 11 is 1.96. The second-order valence-electron chi connectivity index (χ2n) is 4.56. The number of aromatic nitrogens is 2. The minimum atomic E-state index is -0.312. The van der Waals surface area contributed by atoms with E-state index in [0.29, 0.717) is 6.04 Å². The molecule has 1 aromatic heterocycles. The number of likely N-dealkylation sites (N-methyl/N-ethyl adjacent to an activating group) is 1. The van der Waals surface area contributed by atoms with Crippen LogP contribution in [0.15, 0.2) is 12.4 Å². The molecular weight excluding hydrogens is 248 g/mol. The third-order valence-corrected chi connectivity index (χ3v) is 4.23. The fourth-order valence-corrected chi connectivity index (χ4v) is 3.27. The van der Waals surface area contributed by atoms with Crippen LogP contribution in [0.3, 0.4) is 0 Å². The highest BCUT2D eigenvalue weighted by atomic mass is 32.2. The van der Waals surface area contributed by atoms with Crippen LogP contribution in [0.25, 0.3) is 0 Å². The van der Waals surface area contributed by atoms with E-state index in [-0.39, 0.29) is 11.9 Å². The number of carbonyl (C=O) groups is 1. The number of rotatable bonds is 4. The topological polar surface area (TPSA) is 59.0 Å². The SMILES string of the molecule is CNC(C(=O)NC1CCSCC1)c1cnn(C)c1. The fourth-order valence-electron chi connectivity index (χ4n) is 2.16. The molecule has 2 rings (SSSR count). The molecule has 0 aliphatic carbocycles. The molecule has 1 aliphatic heterocycles. The van der Waals surface area contributed by atoms with Crippen LogP contribution in [0, 0.1) is 0 Å². The Morgan fingerprint density at radius 1 is 1.56 bits per heavy atom. The largest absolute Gasteiger partial charge is 0.352 e. The molecule has 1 fully saturated rings. The van der Waals surface area contributed by atoms with Crippen molar-refractivity contribution in [2.24, 2.45) is 7.05 Å². The standard InChI is InChI=1S/C12H20N4OS/c1-13-11(9-7-14-16(2)8-9)12(17)15-10-3-5-18-6-4-10/h7-8,10-11,13H,3-6H2,1-2H3,(H,15,17). The van der Waals surface area contributed by atoms with Gasteiger partial charge in [-0.2, -0.15) is 16.9 Å². The average molecular weight is 268 g/mol. The summed E-state index contributed by atoms with van der Waals surface area (Å²) in [4.78, 5) is 12.2. The van der Waals surface area contributed by atoms with Gasteiger partial charge in [-0.25, -0.2) is 0 Å². The summed E-state index contributed by atoms with van der Waals surface area (Å²) in [6, 6.07) is 0.0135. The van der Waals surface area contributed by atoms with E-state index in [4.69, 9.17) is 0 Å². The van der Waals surface area contributed by atoms with E-state index in [1.54, 1.807) is 17.9 Å². The highest BCUT2D eigenvalue weighted by molar-refractivity contribution is 7.99. The lowest BCUT2D eigenvalue weighted by Gasteiger charge is -2.24. The molecule has 5 nitrogen and oxygen atoms in total. The minimum Gasteiger partial charge on any atom is -0.352 e. The Balaban J connectivity index is 1.96. The molecule has 0 saturated carbocycles. The maximum absolute atomic E-state index is 12.2. The first-order valence-corrected chi connectivity index (χ1v) is 7.40. The molecule has 0 spiro atoms. The van der Waals surface area contributed by atoms with Crippen molar-refractivity contribution in [2.45, 2.75) is 24.9 Å². The van der Waals surface area contributed by atoms with E-state index in [9.17, 15) is 4.79 Å². The van der Waals surface area contributed by atoms with E-state index in [2.05, 4.69) is 15.7 Å². The lowest BCUT2D eigenvalue weighted by atomic mass is 10.1. The highest BCUT2D eigenvalue weighted by Gasteiger charge is 2.23. The zero-order valence-corrected chi connectivity index (χ0v) is 11.7. The Kier molecular flexibility index (Phi) is 4.66. The van der Waals surface area contributed by atoms with Crippen LogP contribution in [0.4, 0.5) is 0 Å². The van der Waals surface area contributed by atoms with Crippen molar-refractivity contribution in [3.63, 3.8) is 0 Å². The van der Waals surface area contributed by atoms with Gasteiger partial charge >= 0.3 is 0 Å². The Bertz CT molecular complexity index is 401. The van der Waals surface area contributed by atoms with Crippen molar-refractivity contribution in [3.8, 4) is 0 Å². The summed E-state index contributed by atoms with van der Waals surface area (Å²) in [6.45, 7) is 0. The van der Waals surface area contributed by atoms with E-state index in [1.807, 2.05) is 25.0 Å². The Morgan fingerprint density at radius 3 is 2.83 bits per heavy atom. The highest BCUT2D eigenvalue weighted by Crippen LogP contribution is 2.18. The summed E-state index contributed by atoms with van der Waals surface area (Å²) in [5, 5.41) is 10.3. The summed E-state index contributed by atoms with van der Waals surface area (Å²) in [5.41, 5.74) is 0.905. The molecule has 2 N–H and O–H groups in total. The number of nitrogens with one attached hydrogen (secondary N) is 2. The van der Waals surface area contributed by atoms with Gasteiger partial charge in [0.15, 0.2) is 0 Å². The van der Waals surface area contributed by atoms with Gasteiger partial charge in [0.05, 0.1) is 6.20 Å². The lowest BCUT2D eigenvalue weighted by Crippen LogP contribution is -2.43. The zero-order valence-electron chi connectivity index (χ0n) is 10.8. The molecule has 1 aromatic rings. The molecular formula is C12H20N4OS. The van der Waals surface area contributed by atoms with E-state index in [0.717, 1.165) is 29.9 Å². The van der Waals surface area contributed by atoms with Crippen LogP contribution < -0.4 is 10.6 Å². The Morgan fingerprint density at radius 2 is 2.28 bits per heavy atom. The summed E-state index contributed by atoms with van der Waals surface area (Å²) in [5.74, 6) is 2.33. The van der Waals surface area contributed by atoms with Crippen molar-refractivity contribution in [2.75, 3.05) is 18.6 Å². The van der Waals surface area contributed by atoms with E-state index < -0.39 is 0 Å². The molecule has 2 heterocycles. The van der Waals surface area contributed by atoms with Crippen molar-refractivity contribution >= 4 is 17.7 Å². The van der Waals surface area contributed by atoms with Crippen LogP contribution in [-0.2, 0) is 11.8 Å². The molecule has 0 radical (unpaired) electrons. The van der Waals surface area contributed by atoms with Gasteiger partial charge < -0.3 is 10.6 Å². The predicted octanol–water partition coefficient (Wildman–Crippen LogP) is 0.692. The van der Waals surface area contributed by atoms with Crippen molar-refractivity contribution in [1.82, 2.24) is 20.4 Å². The molecule has 0 bridgehead atoms. The van der Waals surface area contributed by atoms with Crippen LogP contribution in [0.5, 0.6) is 0 Å². The van der Waals surface area contributed by atoms with Crippen molar-refractivity contribution < 1.29 is 4.79 Å². The summed E-state index contributed by atoms with van der Waals surface area (Å²) in [6.07, 6.45) is 5.74. The van der Waals surface area contributed by atoms with Crippen LogP contribution in [0.1, 0.15) is 24.4 Å². The summed E-state index contributed by atoms with van der Waals surface area (Å²) in [7, 11) is 3.65. The van der Waals surface area contributed by atoms with E-state index in [1.165, 1.54) is 0 Å². The van der Waals surface area contributed by atoms with Crippen molar-refractivity contribution in [3.05, 3.63) is 18.0 Å².